The Morgan fingerprint density at radius 3 is 2.57 bits per heavy atom. The van der Waals surface area contributed by atoms with Gasteiger partial charge in [-0.25, -0.2) is 4.98 Å². The third-order valence-electron chi connectivity index (χ3n) is 5.49. The van der Waals surface area contributed by atoms with Crippen LogP contribution in [0.2, 0.25) is 0 Å². The van der Waals surface area contributed by atoms with E-state index >= 15 is 0 Å². The Balaban J connectivity index is 1.32. The van der Waals surface area contributed by atoms with Gasteiger partial charge in [-0.1, -0.05) is 37.2 Å². The summed E-state index contributed by atoms with van der Waals surface area (Å²) >= 11 is 1.73. The van der Waals surface area contributed by atoms with Gasteiger partial charge in [-0.15, -0.1) is 0 Å². The number of aryl methyl sites for hydroxylation is 1. The van der Waals surface area contributed by atoms with Gasteiger partial charge in [0.05, 0.1) is 16.8 Å². The zero-order valence-corrected chi connectivity index (χ0v) is 18.6. The number of ether oxygens (including phenoxy) is 1. The molecule has 1 saturated heterocycles. The number of aromatic nitrogens is 1. The van der Waals surface area contributed by atoms with E-state index in [1.54, 1.807) is 11.3 Å². The highest BCUT2D eigenvalue weighted by Crippen LogP contribution is 2.30. The molecule has 158 valence electrons. The maximum atomic E-state index is 12.9. The molecule has 0 aliphatic carbocycles. The average molecular weight is 424 g/mol. The molecule has 0 bridgehead atoms. The van der Waals surface area contributed by atoms with Crippen LogP contribution in [0.3, 0.4) is 0 Å². The van der Waals surface area contributed by atoms with Crippen molar-refractivity contribution < 1.29 is 9.53 Å². The molecule has 2 heterocycles. The Kier molecular flexibility index (Phi) is 6.53. The van der Waals surface area contributed by atoms with Crippen LogP contribution in [0, 0.1) is 6.92 Å². The summed E-state index contributed by atoms with van der Waals surface area (Å²) in [6.07, 6.45) is 3.43. The molecule has 3 aromatic rings. The van der Waals surface area contributed by atoms with Crippen molar-refractivity contribution in [2.24, 2.45) is 0 Å². The highest BCUT2D eigenvalue weighted by molar-refractivity contribution is 7.22. The largest absolute Gasteiger partial charge is 0.494 e. The number of hydrogen-bond acceptors (Lipinski definition) is 5. The number of unbranched alkanes of at least 4 members (excludes halogenated alkanes) is 2. The monoisotopic (exact) mass is 423 g/mol. The molecule has 0 atom stereocenters. The quantitative estimate of drug-likeness (QED) is 0.494. The molecule has 0 radical (unpaired) electrons. The van der Waals surface area contributed by atoms with Gasteiger partial charge in [0.15, 0.2) is 5.13 Å². The Bertz CT molecular complexity index is 991. The van der Waals surface area contributed by atoms with E-state index in [0.717, 1.165) is 48.1 Å². The fraction of sp³-hybridized carbons (Fsp3) is 0.417. The molecule has 1 aromatic heterocycles. The minimum absolute atomic E-state index is 0.0899. The van der Waals surface area contributed by atoms with Crippen LogP contribution < -0.4 is 9.64 Å². The van der Waals surface area contributed by atoms with Crippen molar-refractivity contribution in [3.63, 3.8) is 0 Å². The number of anilines is 1. The maximum absolute atomic E-state index is 12.9. The summed E-state index contributed by atoms with van der Waals surface area (Å²) in [5.74, 6) is 0.922. The molecule has 6 heteroatoms. The van der Waals surface area contributed by atoms with Gasteiger partial charge in [0.25, 0.3) is 5.91 Å². The van der Waals surface area contributed by atoms with Crippen LogP contribution in [0.15, 0.2) is 42.5 Å². The lowest BCUT2D eigenvalue weighted by Crippen LogP contribution is -2.48. The number of amides is 1. The molecule has 5 nitrogen and oxygen atoms in total. The molecule has 0 saturated carbocycles. The molecule has 2 aromatic carbocycles. The van der Waals surface area contributed by atoms with Crippen LogP contribution in [0.25, 0.3) is 10.2 Å². The number of carbonyl (C=O) groups excluding carboxylic acids is 1. The fourth-order valence-electron chi connectivity index (χ4n) is 3.67. The molecule has 30 heavy (non-hydrogen) atoms. The first kappa shape index (κ1) is 20.7. The highest BCUT2D eigenvalue weighted by Gasteiger charge is 2.24. The molecule has 1 amide bonds. The van der Waals surface area contributed by atoms with E-state index in [1.165, 1.54) is 23.1 Å². The third kappa shape index (κ3) is 4.75. The van der Waals surface area contributed by atoms with Crippen molar-refractivity contribution in [3.05, 3.63) is 53.6 Å². The van der Waals surface area contributed by atoms with Gasteiger partial charge in [-0.3, -0.25) is 4.79 Å². The third-order valence-corrected chi connectivity index (χ3v) is 6.57. The molecule has 1 aliphatic rings. The summed E-state index contributed by atoms with van der Waals surface area (Å²) in [5.41, 5.74) is 3.03. The average Bonchev–Trinajstić information content (AvgIpc) is 3.20. The number of hydrogen-bond donors (Lipinski definition) is 0. The first-order valence-corrected chi connectivity index (χ1v) is 11.6. The molecule has 1 aliphatic heterocycles. The van der Waals surface area contributed by atoms with Crippen molar-refractivity contribution in [2.45, 2.75) is 33.1 Å². The second kappa shape index (κ2) is 9.47. The number of carbonyl (C=O) groups is 1. The van der Waals surface area contributed by atoms with Crippen molar-refractivity contribution in [1.29, 1.82) is 0 Å². The number of piperazine rings is 1. The molecule has 0 N–H and O–H groups in total. The number of rotatable bonds is 7. The van der Waals surface area contributed by atoms with Gasteiger partial charge in [-0.05, 0) is 55.3 Å². The summed E-state index contributed by atoms with van der Waals surface area (Å²) < 4.78 is 6.97. The summed E-state index contributed by atoms with van der Waals surface area (Å²) in [6.45, 7) is 8.06. The molecule has 1 fully saturated rings. The summed E-state index contributed by atoms with van der Waals surface area (Å²) in [4.78, 5) is 21.9. The minimum atomic E-state index is 0.0899. The zero-order valence-electron chi connectivity index (χ0n) is 17.8. The van der Waals surface area contributed by atoms with Gasteiger partial charge in [0.2, 0.25) is 0 Å². The van der Waals surface area contributed by atoms with Gasteiger partial charge in [0, 0.05) is 31.7 Å². The Morgan fingerprint density at radius 1 is 1.07 bits per heavy atom. The highest BCUT2D eigenvalue weighted by atomic mass is 32.1. The fourth-order valence-corrected chi connectivity index (χ4v) is 4.79. The van der Waals surface area contributed by atoms with Crippen LogP contribution >= 0.6 is 11.3 Å². The number of fused-ring (bicyclic) bond motifs is 1. The summed E-state index contributed by atoms with van der Waals surface area (Å²) in [7, 11) is 0. The van der Waals surface area contributed by atoms with Crippen LogP contribution in [-0.4, -0.2) is 48.6 Å². The van der Waals surface area contributed by atoms with Gasteiger partial charge < -0.3 is 14.5 Å². The Labute approximate surface area is 182 Å². The lowest BCUT2D eigenvalue weighted by atomic mass is 10.1. The zero-order chi connectivity index (χ0) is 20.9. The van der Waals surface area contributed by atoms with Gasteiger partial charge in [0.1, 0.15) is 5.75 Å². The van der Waals surface area contributed by atoms with E-state index in [-0.39, 0.29) is 5.91 Å². The van der Waals surface area contributed by atoms with Gasteiger partial charge >= 0.3 is 0 Å². The van der Waals surface area contributed by atoms with E-state index in [9.17, 15) is 4.79 Å². The Hall–Kier alpha value is -2.60. The minimum Gasteiger partial charge on any atom is -0.494 e. The van der Waals surface area contributed by atoms with E-state index in [2.05, 4.69) is 36.9 Å². The lowest BCUT2D eigenvalue weighted by molar-refractivity contribution is 0.0746. The van der Waals surface area contributed by atoms with Crippen molar-refractivity contribution >= 4 is 32.6 Å². The summed E-state index contributed by atoms with van der Waals surface area (Å²) in [5, 5.41) is 1.05. The molecular weight excluding hydrogens is 394 g/mol. The first-order chi connectivity index (χ1) is 14.6. The number of nitrogens with zero attached hydrogens (tertiary/aromatic N) is 3. The van der Waals surface area contributed by atoms with Crippen LogP contribution in [0.4, 0.5) is 5.13 Å². The Morgan fingerprint density at radius 2 is 1.83 bits per heavy atom. The normalized spacial score (nSPS) is 14.3. The van der Waals surface area contributed by atoms with Gasteiger partial charge in [-0.2, -0.15) is 0 Å². The van der Waals surface area contributed by atoms with Crippen molar-refractivity contribution in [3.8, 4) is 5.75 Å². The molecule has 0 unspecified atom stereocenters. The second-order valence-corrected chi connectivity index (χ2v) is 8.84. The smallest absolute Gasteiger partial charge is 0.253 e. The van der Waals surface area contributed by atoms with Crippen molar-refractivity contribution in [2.75, 3.05) is 37.7 Å². The topological polar surface area (TPSA) is 45.7 Å². The predicted molar refractivity (Wildman–Crippen MR) is 124 cm³/mol. The van der Waals surface area contributed by atoms with E-state index < -0.39 is 0 Å². The molecular formula is C24H29N3O2S. The number of thiazole rings is 1. The van der Waals surface area contributed by atoms with Crippen LogP contribution in [0.5, 0.6) is 5.75 Å². The molecule has 0 spiro atoms. The summed E-state index contributed by atoms with van der Waals surface area (Å²) in [6, 6.07) is 13.9. The van der Waals surface area contributed by atoms with Crippen LogP contribution in [-0.2, 0) is 0 Å². The van der Waals surface area contributed by atoms with Crippen molar-refractivity contribution in [1.82, 2.24) is 9.88 Å². The second-order valence-electron chi connectivity index (χ2n) is 7.83. The SMILES string of the molecule is CCCCCOc1ccc(C(=O)N2CCN(c3nc4ccc(C)cc4s3)CC2)cc1. The van der Waals surface area contributed by atoms with Crippen LogP contribution in [0.1, 0.15) is 42.1 Å². The predicted octanol–water partition coefficient (Wildman–Crippen LogP) is 5.14. The molecule has 4 rings (SSSR count). The lowest BCUT2D eigenvalue weighted by Gasteiger charge is -2.34. The number of benzene rings is 2. The first-order valence-electron chi connectivity index (χ1n) is 10.8. The maximum Gasteiger partial charge on any atom is 0.253 e. The standard InChI is InChI=1S/C24H29N3O2S/c1-3-4-5-16-29-20-9-7-19(8-10-20)23(28)26-12-14-27(15-13-26)24-25-21-11-6-18(2)17-22(21)30-24/h6-11,17H,3-5,12-16H2,1-2H3. The van der Waals surface area contributed by atoms with E-state index in [0.29, 0.717) is 13.1 Å². The van der Waals surface area contributed by atoms with E-state index in [4.69, 9.17) is 9.72 Å². The van der Waals surface area contributed by atoms with E-state index in [1.807, 2.05) is 29.2 Å².